The number of aromatic nitrogens is 2. The zero-order chi connectivity index (χ0) is 25.5. The molecule has 0 unspecified atom stereocenters. The average molecular weight is 473 g/mol. The van der Waals surface area contributed by atoms with E-state index in [1.165, 1.54) is 6.08 Å². The number of hydrogen-bond donors (Lipinski definition) is 2. The second-order valence-corrected chi connectivity index (χ2v) is 8.65. The number of nitrogens with one attached hydrogen (secondary N) is 2. The van der Waals surface area contributed by atoms with E-state index in [2.05, 4.69) is 61.7 Å². The molecule has 1 heterocycles. The van der Waals surface area contributed by atoms with Gasteiger partial charge in [-0.1, -0.05) is 49.7 Å². The maximum absolute atomic E-state index is 9.53. The summed E-state index contributed by atoms with van der Waals surface area (Å²) in [4.78, 5) is 9.73. The van der Waals surface area contributed by atoms with Crippen LogP contribution in [-0.4, -0.2) is 16.5 Å². The molecule has 2 N–H and O–H groups in total. The van der Waals surface area contributed by atoms with Crippen LogP contribution in [0, 0.1) is 36.5 Å². The Kier molecular flexibility index (Phi) is 7.58. The molecule has 0 radical (unpaired) electrons. The van der Waals surface area contributed by atoms with Crippen molar-refractivity contribution < 1.29 is 0 Å². The van der Waals surface area contributed by atoms with E-state index in [0.29, 0.717) is 17.2 Å². The molecule has 0 aliphatic carbocycles. The van der Waals surface area contributed by atoms with Crippen molar-refractivity contribution in [1.29, 1.82) is 10.5 Å². The van der Waals surface area contributed by atoms with Crippen LogP contribution in [0.2, 0.25) is 0 Å². The Balaban J connectivity index is 1.90. The SMILES string of the molecule is CCCCNc1nc(Nc2ccccc2C#N)nc2c(-c3c(C)cc(C=CC#N)cc3C)cccc12. The predicted octanol–water partition coefficient (Wildman–Crippen LogP) is 7.28. The molecule has 4 aromatic rings. The highest BCUT2D eigenvalue weighted by Crippen LogP contribution is 2.36. The molecular formula is C30H28N6. The highest BCUT2D eigenvalue weighted by Gasteiger charge is 2.16. The summed E-state index contributed by atoms with van der Waals surface area (Å²) >= 11 is 0. The van der Waals surface area contributed by atoms with Crippen LogP contribution in [0.5, 0.6) is 0 Å². The van der Waals surface area contributed by atoms with Crippen LogP contribution in [0.15, 0.2) is 60.7 Å². The van der Waals surface area contributed by atoms with Gasteiger partial charge in [0.05, 0.1) is 22.8 Å². The molecule has 4 rings (SSSR count). The van der Waals surface area contributed by atoms with Crippen molar-refractivity contribution in [1.82, 2.24) is 9.97 Å². The number of unbranched alkanes of at least 4 members (excludes halogenated alkanes) is 1. The fourth-order valence-electron chi connectivity index (χ4n) is 4.39. The topological polar surface area (TPSA) is 97.4 Å². The maximum Gasteiger partial charge on any atom is 0.229 e. The molecule has 6 nitrogen and oxygen atoms in total. The van der Waals surface area contributed by atoms with Gasteiger partial charge >= 0.3 is 0 Å². The van der Waals surface area contributed by atoms with Gasteiger partial charge in [-0.15, -0.1) is 0 Å². The van der Waals surface area contributed by atoms with Gasteiger partial charge in [0.15, 0.2) is 0 Å². The number of nitrogens with zero attached hydrogens (tertiary/aromatic N) is 4. The van der Waals surface area contributed by atoms with Crippen molar-refractivity contribution in [2.45, 2.75) is 33.6 Å². The van der Waals surface area contributed by atoms with Crippen LogP contribution in [0.25, 0.3) is 28.1 Å². The van der Waals surface area contributed by atoms with Gasteiger partial charge in [-0.25, -0.2) is 4.98 Å². The fraction of sp³-hybridized carbons (Fsp3) is 0.200. The molecule has 6 heteroatoms. The first-order chi connectivity index (χ1) is 17.5. The highest BCUT2D eigenvalue weighted by molar-refractivity contribution is 6.01. The third-order valence-corrected chi connectivity index (χ3v) is 6.02. The van der Waals surface area contributed by atoms with E-state index < -0.39 is 0 Å². The Bertz CT molecular complexity index is 1500. The van der Waals surface area contributed by atoms with Gasteiger partial charge in [0.2, 0.25) is 5.95 Å². The molecule has 0 fully saturated rings. The molecule has 0 aliphatic rings. The zero-order valence-corrected chi connectivity index (χ0v) is 20.8. The highest BCUT2D eigenvalue weighted by atomic mass is 15.1. The Hall–Kier alpha value is -4.68. The minimum Gasteiger partial charge on any atom is -0.369 e. The first-order valence-electron chi connectivity index (χ1n) is 12.0. The van der Waals surface area contributed by atoms with Gasteiger partial charge in [-0.05, 0) is 66.8 Å². The van der Waals surface area contributed by atoms with Crippen LogP contribution < -0.4 is 10.6 Å². The first-order valence-corrected chi connectivity index (χ1v) is 12.0. The number of hydrogen-bond acceptors (Lipinski definition) is 6. The summed E-state index contributed by atoms with van der Waals surface area (Å²) < 4.78 is 0. The number of benzene rings is 3. The minimum absolute atomic E-state index is 0.431. The Labute approximate surface area is 212 Å². The van der Waals surface area contributed by atoms with Crippen molar-refractivity contribution in [3.63, 3.8) is 0 Å². The number of anilines is 3. The second kappa shape index (κ2) is 11.2. The molecule has 0 amide bonds. The van der Waals surface area contributed by atoms with Crippen LogP contribution in [0.1, 0.15) is 42.0 Å². The molecule has 1 aromatic heterocycles. The molecule has 178 valence electrons. The first kappa shape index (κ1) is 24.4. The lowest BCUT2D eigenvalue weighted by Gasteiger charge is -2.17. The van der Waals surface area contributed by atoms with Crippen LogP contribution in [-0.2, 0) is 0 Å². The van der Waals surface area contributed by atoms with Crippen LogP contribution >= 0.6 is 0 Å². The van der Waals surface area contributed by atoms with Crippen molar-refractivity contribution >= 4 is 34.4 Å². The Morgan fingerprint density at radius 2 is 1.75 bits per heavy atom. The molecule has 3 aromatic carbocycles. The minimum atomic E-state index is 0.431. The molecule has 0 spiro atoms. The molecular weight excluding hydrogens is 444 g/mol. The quantitative estimate of drug-likeness (QED) is 0.207. The van der Waals surface area contributed by atoms with E-state index >= 15 is 0 Å². The van der Waals surface area contributed by atoms with Gasteiger partial charge in [0.25, 0.3) is 0 Å². The summed E-state index contributed by atoms with van der Waals surface area (Å²) in [7, 11) is 0. The van der Waals surface area contributed by atoms with E-state index in [1.807, 2.05) is 36.4 Å². The summed E-state index contributed by atoms with van der Waals surface area (Å²) in [5.74, 6) is 1.19. The third-order valence-electron chi connectivity index (χ3n) is 6.02. The Morgan fingerprint density at radius 1 is 0.972 bits per heavy atom. The third kappa shape index (κ3) is 5.19. The van der Waals surface area contributed by atoms with Crippen LogP contribution in [0.3, 0.4) is 0 Å². The lowest BCUT2D eigenvalue weighted by Crippen LogP contribution is -2.08. The van der Waals surface area contributed by atoms with E-state index in [-0.39, 0.29) is 0 Å². The van der Waals surface area contributed by atoms with Gasteiger partial charge in [0.1, 0.15) is 11.9 Å². The largest absolute Gasteiger partial charge is 0.369 e. The summed E-state index contributed by atoms with van der Waals surface area (Å²) in [5, 5.41) is 26.1. The van der Waals surface area contributed by atoms with E-state index in [0.717, 1.165) is 63.9 Å². The van der Waals surface area contributed by atoms with Crippen molar-refractivity contribution in [2.24, 2.45) is 0 Å². The van der Waals surface area contributed by atoms with E-state index in [4.69, 9.17) is 15.2 Å². The number of allylic oxidation sites excluding steroid dienone is 1. The molecule has 36 heavy (non-hydrogen) atoms. The number of aryl methyl sites for hydroxylation is 2. The van der Waals surface area contributed by atoms with E-state index in [9.17, 15) is 5.26 Å². The van der Waals surface area contributed by atoms with Gasteiger partial charge in [-0.3, -0.25) is 0 Å². The maximum atomic E-state index is 9.53. The summed E-state index contributed by atoms with van der Waals surface area (Å²) in [6.45, 7) is 7.12. The number of rotatable bonds is 8. The van der Waals surface area contributed by atoms with Gasteiger partial charge in [-0.2, -0.15) is 15.5 Å². The fourth-order valence-corrected chi connectivity index (χ4v) is 4.39. The summed E-state index contributed by atoms with van der Waals surface area (Å²) in [6, 6.07) is 21.9. The van der Waals surface area contributed by atoms with Crippen LogP contribution in [0.4, 0.5) is 17.5 Å². The van der Waals surface area contributed by atoms with Crippen molar-refractivity contribution in [3.8, 4) is 23.3 Å². The van der Waals surface area contributed by atoms with Crippen molar-refractivity contribution in [2.75, 3.05) is 17.2 Å². The molecule has 0 saturated heterocycles. The van der Waals surface area contributed by atoms with E-state index in [1.54, 1.807) is 6.07 Å². The molecule has 0 bridgehead atoms. The average Bonchev–Trinajstić information content (AvgIpc) is 2.88. The standard InChI is InChI=1S/C30H28N6/c1-4-5-16-33-29-25-13-8-12-24(27-20(2)17-22(10-9-15-31)18-21(27)3)28(25)35-30(36-29)34-26-14-7-6-11-23(26)19-32/h6-14,17-18H,4-5,16H2,1-3H3,(H2,33,34,35,36). The second-order valence-electron chi connectivity index (χ2n) is 8.65. The molecule has 0 saturated carbocycles. The lowest BCUT2D eigenvalue weighted by molar-refractivity contribution is 0.832. The number of fused-ring (bicyclic) bond motifs is 1. The smallest absolute Gasteiger partial charge is 0.229 e. The summed E-state index contributed by atoms with van der Waals surface area (Å²) in [5.41, 5.74) is 7.33. The number of nitriles is 2. The normalized spacial score (nSPS) is 10.8. The monoisotopic (exact) mass is 472 g/mol. The van der Waals surface area contributed by atoms with Crippen molar-refractivity contribution in [3.05, 3.63) is 82.9 Å². The summed E-state index contributed by atoms with van der Waals surface area (Å²) in [6.07, 6.45) is 5.41. The zero-order valence-electron chi connectivity index (χ0n) is 20.8. The molecule has 0 atom stereocenters. The molecule has 0 aliphatic heterocycles. The lowest BCUT2D eigenvalue weighted by atomic mass is 9.92. The number of para-hydroxylation sites is 2. The predicted molar refractivity (Wildman–Crippen MR) is 147 cm³/mol. The Morgan fingerprint density at radius 3 is 2.47 bits per heavy atom. The van der Waals surface area contributed by atoms with Gasteiger partial charge in [0, 0.05) is 23.6 Å². The van der Waals surface area contributed by atoms with Gasteiger partial charge < -0.3 is 10.6 Å².